The molecule has 9 heavy (non-hydrogen) atoms. The van der Waals surface area contributed by atoms with Gasteiger partial charge >= 0.3 is 0 Å². The minimum absolute atomic E-state index is 0.154. The molecule has 0 radical (unpaired) electrons. The maximum absolute atomic E-state index is 5.64. The van der Waals surface area contributed by atoms with Gasteiger partial charge in [0.1, 0.15) is 0 Å². The van der Waals surface area contributed by atoms with Crippen LogP contribution in [-0.2, 0) is 7.05 Å². The number of nitrogens with zero attached hydrogens (tertiary/aromatic N) is 4. The summed E-state index contributed by atoms with van der Waals surface area (Å²) in [7, 11) is 1.70. The van der Waals surface area contributed by atoms with E-state index in [1.165, 1.54) is 4.80 Å². The van der Waals surface area contributed by atoms with E-state index in [1.807, 2.05) is 0 Å². The van der Waals surface area contributed by atoms with Gasteiger partial charge in [-0.05, 0) is 12.1 Å². The Balaban J connectivity index is 2.85. The van der Waals surface area contributed by atoms with Crippen LogP contribution in [0.1, 0.15) is 18.1 Å². The van der Waals surface area contributed by atoms with E-state index < -0.39 is 0 Å². The van der Waals surface area contributed by atoms with E-state index in [-0.39, 0.29) is 5.38 Å². The number of hydrogen-bond acceptors (Lipinski definition) is 3. The fourth-order valence-corrected chi connectivity index (χ4v) is 0.545. The normalized spacial score (nSPS) is 13.7. The van der Waals surface area contributed by atoms with Crippen molar-refractivity contribution < 1.29 is 0 Å². The van der Waals surface area contributed by atoms with E-state index in [2.05, 4.69) is 15.4 Å². The van der Waals surface area contributed by atoms with E-state index in [9.17, 15) is 0 Å². The predicted molar refractivity (Wildman–Crippen MR) is 33.1 cm³/mol. The smallest absolute Gasteiger partial charge is 0.167 e. The summed E-state index contributed by atoms with van der Waals surface area (Å²) < 4.78 is 0. The number of hydrogen-bond donors (Lipinski definition) is 0. The van der Waals surface area contributed by atoms with Crippen LogP contribution in [0.25, 0.3) is 0 Å². The topological polar surface area (TPSA) is 43.6 Å². The fraction of sp³-hybridized carbons (Fsp3) is 0.750. The van der Waals surface area contributed by atoms with Crippen molar-refractivity contribution in [1.29, 1.82) is 0 Å². The Hall–Kier alpha value is -0.640. The van der Waals surface area contributed by atoms with Crippen LogP contribution in [-0.4, -0.2) is 20.2 Å². The maximum Gasteiger partial charge on any atom is 0.192 e. The van der Waals surface area contributed by atoms with Crippen LogP contribution in [0, 0.1) is 0 Å². The first-order valence-electron chi connectivity index (χ1n) is 2.58. The summed E-state index contributed by atoms with van der Waals surface area (Å²) in [5.74, 6) is 0.569. The van der Waals surface area contributed by atoms with Gasteiger partial charge < -0.3 is 0 Å². The quantitative estimate of drug-likeness (QED) is 0.543. The minimum atomic E-state index is -0.154. The zero-order valence-electron chi connectivity index (χ0n) is 5.24. The van der Waals surface area contributed by atoms with Crippen LogP contribution in [0.4, 0.5) is 0 Å². The highest BCUT2D eigenvalue weighted by molar-refractivity contribution is 6.20. The lowest BCUT2D eigenvalue weighted by atomic mass is 10.5. The summed E-state index contributed by atoms with van der Waals surface area (Å²) in [5, 5.41) is 11.0. The number of halogens is 1. The molecule has 0 amide bonds. The van der Waals surface area contributed by atoms with E-state index in [1.54, 1.807) is 14.0 Å². The molecule has 4 nitrogen and oxygen atoms in total. The highest BCUT2D eigenvalue weighted by Gasteiger charge is 2.05. The Morgan fingerprint density at radius 1 is 1.67 bits per heavy atom. The van der Waals surface area contributed by atoms with Crippen molar-refractivity contribution in [3.63, 3.8) is 0 Å². The number of aryl methyl sites for hydroxylation is 1. The van der Waals surface area contributed by atoms with E-state index in [0.717, 1.165) is 0 Å². The van der Waals surface area contributed by atoms with Crippen molar-refractivity contribution in [2.45, 2.75) is 12.3 Å². The Kier molecular flexibility index (Phi) is 1.66. The molecule has 1 unspecified atom stereocenters. The lowest BCUT2D eigenvalue weighted by Gasteiger charge is -1.88. The number of aromatic nitrogens is 4. The summed E-state index contributed by atoms with van der Waals surface area (Å²) >= 11 is 5.64. The molecule has 1 aromatic heterocycles. The minimum Gasteiger partial charge on any atom is -0.167 e. The molecule has 50 valence electrons. The third-order valence-electron chi connectivity index (χ3n) is 0.880. The Morgan fingerprint density at radius 3 is 2.56 bits per heavy atom. The van der Waals surface area contributed by atoms with Crippen molar-refractivity contribution in [2.75, 3.05) is 0 Å². The van der Waals surface area contributed by atoms with Crippen molar-refractivity contribution >= 4 is 11.6 Å². The lowest BCUT2D eigenvalue weighted by molar-refractivity contribution is 0.627. The molecule has 1 rings (SSSR count). The first-order chi connectivity index (χ1) is 4.20. The number of alkyl halides is 1. The van der Waals surface area contributed by atoms with Gasteiger partial charge in [0.05, 0.1) is 12.4 Å². The van der Waals surface area contributed by atoms with Crippen LogP contribution in [0.2, 0.25) is 0 Å². The SMILES string of the molecule is CC(Cl)c1nnn(C)n1. The zero-order valence-corrected chi connectivity index (χ0v) is 6.00. The van der Waals surface area contributed by atoms with Gasteiger partial charge in [-0.15, -0.1) is 21.8 Å². The first kappa shape index (κ1) is 6.48. The van der Waals surface area contributed by atoms with Gasteiger partial charge in [-0.1, -0.05) is 0 Å². The molecule has 0 saturated carbocycles. The average molecular weight is 147 g/mol. The largest absolute Gasteiger partial charge is 0.192 e. The molecular weight excluding hydrogens is 140 g/mol. The molecule has 0 aromatic carbocycles. The molecule has 1 aromatic rings. The molecule has 5 heteroatoms. The van der Waals surface area contributed by atoms with Gasteiger partial charge in [0.25, 0.3) is 0 Å². The third-order valence-corrected chi connectivity index (χ3v) is 1.07. The van der Waals surface area contributed by atoms with Gasteiger partial charge in [-0.25, -0.2) is 0 Å². The molecule has 0 saturated heterocycles. The second-order valence-corrected chi connectivity index (χ2v) is 2.41. The maximum atomic E-state index is 5.64. The van der Waals surface area contributed by atoms with E-state index in [0.29, 0.717) is 5.82 Å². The van der Waals surface area contributed by atoms with Gasteiger partial charge in [0.2, 0.25) is 0 Å². The summed E-state index contributed by atoms with van der Waals surface area (Å²) in [6.07, 6.45) is 0. The Bertz CT molecular complexity index is 194. The zero-order chi connectivity index (χ0) is 6.85. The monoisotopic (exact) mass is 146 g/mol. The second kappa shape index (κ2) is 2.31. The van der Waals surface area contributed by atoms with Crippen LogP contribution in [0.5, 0.6) is 0 Å². The van der Waals surface area contributed by atoms with Gasteiger partial charge in [-0.2, -0.15) is 4.80 Å². The third kappa shape index (κ3) is 1.38. The van der Waals surface area contributed by atoms with Crippen LogP contribution >= 0.6 is 11.6 Å². The number of tetrazole rings is 1. The van der Waals surface area contributed by atoms with Crippen molar-refractivity contribution in [1.82, 2.24) is 20.2 Å². The summed E-state index contributed by atoms with van der Waals surface area (Å²) in [6.45, 7) is 1.80. The highest BCUT2D eigenvalue weighted by Crippen LogP contribution is 2.11. The molecule has 0 N–H and O–H groups in total. The molecule has 1 heterocycles. The van der Waals surface area contributed by atoms with Crippen LogP contribution in [0.3, 0.4) is 0 Å². The molecule has 0 aliphatic carbocycles. The first-order valence-corrected chi connectivity index (χ1v) is 3.02. The van der Waals surface area contributed by atoms with Crippen molar-refractivity contribution in [2.24, 2.45) is 7.05 Å². The molecule has 0 bridgehead atoms. The molecular formula is C4H7ClN4. The molecule has 1 atom stereocenters. The summed E-state index contributed by atoms with van der Waals surface area (Å²) in [4.78, 5) is 1.38. The molecule has 0 aliphatic heterocycles. The standard InChI is InChI=1S/C4H7ClN4/c1-3(5)4-6-8-9(2)7-4/h3H,1-2H3. The van der Waals surface area contributed by atoms with Crippen molar-refractivity contribution in [3.05, 3.63) is 5.82 Å². The highest BCUT2D eigenvalue weighted by atomic mass is 35.5. The molecule has 0 fully saturated rings. The predicted octanol–water partition coefficient (Wildman–Crippen LogP) is 0.510. The number of rotatable bonds is 1. The van der Waals surface area contributed by atoms with Crippen LogP contribution < -0.4 is 0 Å². The molecule has 0 aliphatic rings. The van der Waals surface area contributed by atoms with Crippen LogP contribution in [0.15, 0.2) is 0 Å². The lowest BCUT2D eigenvalue weighted by Crippen LogP contribution is -1.93. The Morgan fingerprint density at radius 2 is 2.33 bits per heavy atom. The van der Waals surface area contributed by atoms with E-state index in [4.69, 9.17) is 11.6 Å². The van der Waals surface area contributed by atoms with Gasteiger partial charge in [0, 0.05) is 0 Å². The van der Waals surface area contributed by atoms with Gasteiger partial charge in [0.15, 0.2) is 5.82 Å². The average Bonchev–Trinajstić information content (AvgIpc) is 2.14. The summed E-state index contributed by atoms with van der Waals surface area (Å²) in [6, 6.07) is 0. The second-order valence-electron chi connectivity index (χ2n) is 1.75. The molecule has 0 spiro atoms. The Labute approximate surface area is 57.8 Å². The van der Waals surface area contributed by atoms with Crippen molar-refractivity contribution in [3.8, 4) is 0 Å². The van der Waals surface area contributed by atoms with Gasteiger partial charge in [-0.3, -0.25) is 0 Å². The fourth-order valence-electron chi connectivity index (χ4n) is 0.458. The summed E-state index contributed by atoms with van der Waals surface area (Å²) in [5.41, 5.74) is 0. The van der Waals surface area contributed by atoms with E-state index >= 15 is 0 Å².